The van der Waals surface area contributed by atoms with E-state index in [1.54, 1.807) is 11.2 Å². The summed E-state index contributed by atoms with van der Waals surface area (Å²) in [4.78, 5) is 11.1. The molecule has 4 heterocycles. The summed E-state index contributed by atoms with van der Waals surface area (Å²) in [5, 5.41) is 5.83. The van der Waals surface area contributed by atoms with Gasteiger partial charge in [-0.25, -0.2) is 9.50 Å². The molecule has 5 rings (SSSR count). The van der Waals surface area contributed by atoms with Crippen molar-refractivity contribution in [2.75, 3.05) is 0 Å². The van der Waals surface area contributed by atoms with Gasteiger partial charge in [0.1, 0.15) is 11.2 Å². The second kappa shape index (κ2) is 7.28. The zero-order valence-electron chi connectivity index (χ0n) is 17.9. The summed E-state index contributed by atoms with van der Waals surface area (Å²) < 4.78 is 1.89. The number of fused-ring (bicyclic) bond motifs is 2. The fourth-order valence-corrected chi connectivity index (χ4v) is 6.50. The van der Waals surface area contributed by atoms with E-state index in [4.69, 9.17) is 0 Å². The quantitative estimate of drug-likeness (QED) is 0.405. The summed E-state index contributed by atoms with van der Waals surface area (Å²) in [5.74, 6) is 1.34. The minimum atomic E-state index is 0.460. The summed E-state index contributed by atoms with van der Waals surface area (Å²) in [7, 11) is 0. The lowest BCUT2D eigenvalue weighted by atomic mass is 9.86. The fraction of sp³-hybridized carbons (Fsp3) is 0.500. The lowest BCUT2D eigenvalue weighted by Crippen LogP contribution is -2.08. The molecular formula is C24H30N4S. The van der Waals surface area contributed by atoms with Crippen molar-refractivity contribution in [1.82, 2.24) is 19.6 Å². The number of hydrogen-bond donors (Lipinski definition) is 1. The van der Waals surface area contributed by atoms with E-state index in [1.165, 1.54) is 71.1 Å². The molecule has 152 valence electrons. The van der Waals surface area contributed by atoms with Crippen molar-refractivity contribution in [1.29, 1.82) is 0 Å². The van der Waals surface area contributed by atoms with Crippen LogP contribution in [0, 0.1) is 19.8 Å². The third-order valence-corrected chi connectivity index (χ3v) is 7.88. The van der Waals surface area contributed by atoms with Crippen LogP contribution in [0.3, 0.4) is 0 Å². The number of nitrogens with one attached hydrogen (secondary N) is 1. The summed E-state index contributed by atoms with van der Waals surface area (Å²) in [6, 6.07) is 2.24. The van der Waals surface area contributed by atoms with Gasteiger partial charge < -0.3 is 4.98 Å². The van der Waals surface area contributed by atoms with E-state index in [-0.39, 0.29) is 0 Å². The van der Waals surface area contributed by atoms with Gasteiger partial charge in [-0.2, -0.15) is 5.10 Å². The molecule has 0 amide bonds. The number of nitrogens with zero attached hydrogens (tertiary/aromatic N) is 3. The van der Waals surface area contributed by atoms with Crippen molar-refractivity contribution in [2.45, 2.75) is 72.1 Å². The van der Waals surface area contributed by atoms with E-state index in [0.717, 1.165) is 17.1 Å². The number of aryl methyl sites for hydroxylation is 2. The Balaban J connectivity index is 1.61. The first-order valence-corrected chi connectivity index (χ1v) is 11.8. The van der Waals surface area contributed by atoms with Crippen molar-refractivity contribution in [3.63, 3.8) is 0 Å². The van der Waals surface area contributed by atoms with E-state index in [0.29, 0.717) is 5.92 Å². The first-order valence-electron chi connectivity index (χ1n) is 11.0. The maximum atomic E-state index is 4.37. The van der Waals surface area contributed by atoms with Gasteiger partial charge in [0.25, 0.3) is 0 Å². The van der Waals surface area contributed by atoms with Gasteiger partial charge in [-0.15, -0.1) is 11.3 Å². The highest BCUT2D eigenvalue weighted by molar-refractivity contribution is 7.19. The molecule has 1 aliphatic carbocycles. The Bertz CT molecular complexity index is 1170. The Kier molecular flexibility index (Phi) is 4.73. The van der Waals surface area contributed by atoms with Gasteiger partial charge in [0.05, 0.1) is 5.69 Å². The highest BCUT2D eigenvalue weighted by Gasteiger charge is 2.24. The fourth-order valence-electron chi connectivity index (χ4n) is 5.16. The average molecular weight is 407 g/mol. The van der Waals surface area contributed by atoms with Crippen LogP contribution < -0.4 is 0 Å². The lowest BCUT2D eigenvalue weighted by Gasteiger charge is -2.21. The molecule has 0 spiro atoms. The van der Waals surface area contributed by atoms with Gasteiger partial charge in [-0.05, 0) is 54.9 Å². The standard InChI is InChI=1S/C24H30N4S/c1-14(2)20-21-16(4)19(11-17-8-6-5-7-9-17)29-24(21)27-22(20)18-10-15(3)23-25-13-26-28(23)12-18/h10,12-14,17,27H,5-9,11H2,1-4H3. The van der Waals surface area contributed by atoms with E-state index in [1.807, 2.05) is 15.9 Å². The third kappa shape index (κ3) is 3.20. The summed E-state index contributed by atoms with van der Waals surface area (Å²) >= 11 is 1.98. The smallest absolute Gasteiger partial charge is 0.158 e. The number of hydrogen-bond acceptors (Lipinski definition) is 3. The summed E-state index contributed by atoms with van der Waals surface area (Å²) in [6.45, 7) is 9.07. The molecule has 5 heteroatoms. The van der Waals surface area contributed by atoms with E-state index >= 15 is 0 Å². The van der Waals surface area contributed by atoms with Crippen LogP contribution >= 0.6 is 11.3 Å². The topological polar surface area (TPSA) is 46.0 Å². The van der Waals surface area contributed by atoms with Crippen LogP contribution in [0.25, 0.3) is 27.1 Å². The Morgan fingerprint density at radius 1 is 1.21 bits per heavy atom. The predicted molar refractivity (Wildman–Crippen MR) is 122 cm³/mol. The van der Waals surface area contributed by atoms with Gasteiger partial charge in [-0.1, -0.05) is 46.0 Å². The van der Waals surface area contributed by atoms with Crippen LogP contribution in [0.15, 0.2) is 18.6 Å². The van der Waals surface area contributed by atoms with Crippen LogP contribution in [0.1, 0.15) is 73.4 Å². The second-order valence-electron chi connectivity index (χ2n) is 9.07. The number of H-pyrrole nitrogens is 1. The number of aromatic nitrogens is 4. The molecule has 0 unspecified atom stereocenters. The Morgan fingerprint density at radius 3 is 2.76 bits per heavy atom. The zero-order chi connectivity index (χ0) is 20.1. The molecule has 1 saturated carbocycles. The van der Waals surface area contributed by atoms with Crippen LogP contribution in [-0.4, -0.2) is 19.6 Å². The molecule has 4 aromatic heterocycles. The maximum Gasteiger partial charge on any atom is 0.158 e. The molecule has 0 aromatic carbocycles. The Hall–Kier alpha value is -2.14. The van der Waals surface area contributed by atoms with Crippen molar-refractivity contribution < 1.29 is 0 Å². The molecule has 1 N–H and O–H groups in total. The molecule has 1 aliphatic rings. The summed E-state index contributed by atoms with van der Waals surface area (Å²) in [5.41, 5.74) is 7.47. The van der Waals surface area contributed by atoms with Gasteiger partial charge in [0, 0.05) is 22.0 Å². The van der Waals surface area contributed by atoms with Gasteiger partial charge >= 0.3 is 0 Å². The molecule has 0 bridgehead atoms. The first-order chi connectivity index (χ1) is 14.0. The normalized spacial score (nSPS) is 15.9. The third-order valence-electron chi connectivity index (χ3n) is 6.65. The molecular weight excluding hydrogens is 376 g/mol. The second-order valence-corrected chi connectivity index (χ2v) is 10.2. The monoisotopic (exact) mass is 406 g/mol. The number of rotatable bonds is 4. The van der Waals surface area contributed by atoms with Crippen LogP contribution in [-0.2, 0) is 6.42 Å². The molecule has 0 atom stereocenters. The number of pyridine rings is 1. The zero-order valence-corrected chi connectivity index (χ0v) is 18.7. The first kappa shape index (κ1) is 18.9. The van der Waals surface area contributed by atoms with Gasteiger partial charge in [-0.3, -0.25) is 0 Å². The van der Waals surface area contributed by atoms with Gasteiger partial charge in [0.15, 0.2) is 5.65 Å². The SMILES string of the molecule is Cc1c(CC2CCCCC2)sc2[nH]c(-c3cc(C)c4ncnn4c3)c(C(C)C)c12. The molecule has 1 fully saturated rings. The minimum absolute atomic E-state index is 0.460. The van der Waals surface area contributed by atoms with Crippen molar-refractivity contribution in [3.8, 4) is 11.3 Å². The van der Waals surface area contributed by atoms with Crippen LogP contribution in [0.5, 0.6) is 0 Å². The number of aromatic amines is 1. The molecule has 0 radical (unpaired) electrons. The van der Waals surface area contributed by atoms with E-state index in [9.17, 15) is 0 Å². The van der Waals surface area contributed by atoms with Gasteiger partial charge in [0.2, 0.25) is 0 Å². The van der Waals surface area contributed by atoms with Crippen molar-refractivity contribution >= 4 is 27.2 Å². The number of thiophene rings is 1. The highest BCUT2D eigenvalue weighted by Crippen LogP contribution is 2.43. The molecule has 0 saturated heterocycles. The Morgan fingerprint density at radius 2 is 2.00 bits per heavy atom. The highest BCUT2D eigenvalue weighted by atomic mass is 32.1. The van der Waals surface area contributed by atoms with Crippen LogP contribution in [0.4, 0.5) is 0 Å². The van der Waals surface area contributed by atoms with Crippen molar-refractivity contribution in [2.24, 2.45) is 5.92 Å². The maximum absolute atomic E-state index is 4.37. The predicted octanol–water partition coefficient (Wildman–Crippen LogP) is 6.80. The Labute approximate surface area is 176 Å². The summed E-state index contributed by atoms with van der Waals surface area (Å²) in [6.07, 6.45) is 12.1. The molecule has 0 aliphatic heterocycles. The van der Waals surface area contributed by atoms with E-state index in [2.05, 4.69) is 55.0 Å². The minimum Gasteiger partial charge on any atom is -0.346 e. The average Bonchev–Trinajstić information content (AvgIpc) is 3.38. The van der Waals surface area contributed by atoms with Crippen LogP contribution in [0.2, 0.25) is 0 Å². The molecule has 29 heavy (non-hydrogen) atoms. The van der Waals surface area contributed by atoms with E-state index < -0.39 is 0 Å². The lowest BCUT2D eigenvalue weighted by molar-refractivity contribution is 0.358. The van der Waals surface area contributed by atoms with Crippen molar-refractivity contribution in [3.05, 3.63) is 40.2 Å². The molecule has 4 nitrogen and oxygen atoms in total. The molecule has 4 aromatic rings. The largest absolute Gasteiger partial charge is 0.346 e.